The van der Waals surface area contributed by atoms with E-state index in [1.165, 1.54) is 11.1 Å². The van der Waals surface area contributed by atoms with Gasteiger partial charge in [-0.25, -0.2) is 0 Å². The largest absolute Gasteiger partial charge is 0.332 e. The van der Waals surface area contributed by atoms with Crippen LogP contribution in [0.3, 0.4) is 0 Å². The third-order valence-electron chi connectivity index (χ3n) is 6.02. The van der Waals surface area contributed by atoms with Crippen molar-refractivity contribution in [3.05, 3.63) is 101 Å². The van der Waals surface area contributed by atoms with Gasteiger partial charge in [0.2, 0.25) is 0 Å². The van der Waals surface area contributed by atoms with Crippen molar-refractivity contribution in [1.29, 1.82) is 0 Å². The summed E-state index contributed by atoms with van der Waals surface area (Å²) in [4.78, 5) is 29.4. The number of benzene rings is 3. The van der Waals surface area contributed by atoms with Crippen molar-refractivity contribution in [3.8, 4) is 0 Å². The molecular weight excluding hydrogens is 398 g/mol. The van der Waals surface area contributed by atoms with Gasteiger partial charge in [-0.05, 0) is 36.6 Å². The lowest BCUT2D eigenvalue weighted by molar-refractivity contribution is -0.144. The van der Waals surface area contributed by atoms with Gasteiger partial charge in [0.15, 0.2) is 0 Å². The number of rotatable bonds is 4. The summed E-state index contributed by atoms with van der Waals surface area (Å²) in [5.41, 5.74) is 5.21. The van der Waals surface area contributed by atoms with Crippen molar-refractivity contribution in [3.63, 3.8) is 0 Å². The van der Waals surface area contributed by atoms with Gasteiger partial charge < -0.3 is 10.2 Å². The maximum absolute atomic E-state index is 12.8. The topological polar surface area (TPSA) is 52.7 Å². The number of nitrogens with zero attached hydrogens (tertiary/aromatic N) is 2. The van der Waals surface area contributed by atoms with Gasteiger partial charge in [0.25, 0.3) is 0 Å². The highest BCUT2D eigenvalue weighted by molar-refractivity contribution is 6.39. The van der Waals surface area contributed by atoms with E-state index >= 15 is 0 Å². The molecule has 1 N–H and O–H groups in total. The summed E-state index contributed by atoms with van der Waals surface area (Å²) in [6.45, 7) is 6.39. The number of amides is 2. The van der Waals surface area contributed by atoms with E-state index in [0.29, 0.717) is 31.9 Å². The van der Waals surface area contributed by atoms with Gasteiger partial charge in [0, 0.05) is 31.9 Å². The predicted molar refractivity (Wildman–Crippen MR) is 127 cm³/mol. The van der Waals surface area contributed by atoms with E-state index < -0.39 is 11.8 Å². The monoisotopic (exact) mass is 427 g/mol. The molecule has 0 saturated carbocycles. The van der Waals surface area contributed by atoms with Crippen molar-refractivity contribution >= 4 is 17.5 Å². The van der Waals surface area contributed by atoms with Crippen LogP contribution >= 0.6 is 0 Å². The highest BCUT2D eigenvalue weighted by Crippen LogP contribution is 2.29. The van der Waals surface area contributed by atoms with Crippen LogP contribution in [0.1, 0.15) is 28.3 Å². The molecule has 32 heavy (non-hydrogen) atoms. The number of anilines is 1. The van der Waals surface area contributed by atoms with Crippen molar-refractivity contribution in [1.82, 2.24) is 9.80 Å². The van der Waals surface area contributed by atoms with Gasteiger partial charge in [0.1, 0.15) is 0 Å². The molecule has 0 radical (unpaired) electrons. The maximum atomic E-state index is 12.8. The number of carbonyl (C=O) groups excluding carboxylic acids is 2. The first-order valence-electron chi connectivity index (χ1n) is 11.0. The minimum Gasteiger partial charge on any atom is -0.332 e. The molecule has 0 aromatic heterocycles. The number of piperazine rings is 1. The van der Waals surface area contributed by atoms with Crippen LogP contribution in [0.25, 0.3) is 0 Å². The minimum atomic E-state index is -0.576. The Morgan fingerprint density at radius 1 is 0.781 bits per heavy atom. The second-order valence-electron chi connectivity index (χ2n) is 8.32. The average Bonchev–Trinajstić information content (AvgIpc) is 2.82. The Balaban J connectivity index is 1.43. The number of hydrogen-bond acceptors (Lipinski definition) is 3. The zero-order chi connectivity index (χ0) is 22.5. The van der Waals surface area contributed by atoms with Crippen LogP contribution < -0.4 is 5.32 Å². The van der Waals surface area contributed by atoms with E-state index in [4.69, 9.17) is 0 Å². The molecule has 0 spiro atoms. The van der Waals surface area contributed by atoms with Crippen LogP contribution in [0.15, 0.2) is 78.9 Å². The Morgan fingerprint density at radius 3 is 1.88 bits per heavy atom. The lowest BCUT2D eigenvalue weighted by atomic mass is 9.96. The number of carbonyl (C=O) groups is 2. The predicted octanol–water partition coefficient (Wildman–Crippen LogP) is 4.18. The zero-order valence-electron chi connectivity index (χ0n) is 18.6. The minimum absolute atomic E-state index is 0.124. The van der Waals surface area contributed by atoms with Crippen molar-refractivity contribution < 1.29 is 9.59 Å². The molecular formula is C27H29N3O2. The summed E-state index contributed by atoms with van der Waals surface area (Å²) in [5.74, 6) is -1.05. The second-order valence-corrected chi connectivity index (χ2v) is 8.32. The lowest BCUT2D eigenvalue weighted by Crippen LogP contribution is -2.52. The lowest BCUT2D eigenvalue weighted by Gasteiger charge is -2.39. The van der Waals surface area contributed by atoms with E-state index in [2.05, 4.69) is 58.7 Å². The molecule has 1 heterocycles. The Morgan fingerprint density at radius 2 is 1.34 bits per heavy atom. The standard InChI is InChI=1S/C27H29N3O2/c1-20-13-14-24(21(2)19-20)28-26(31)27(32)30-17-15-29(16-18-30)25(22-9-5-3-6-10-22)23-11-7-4-8-12-23/h3-14,19,25H,15-18H2,1-2H3,(H,28,31). The number of aryl methyl sites for hydroxylation is 2. The molecule has 1 fully saturated rings. The first kappa shape index (κ1) is 21.8. The van der Waals surface area contributed by atoms with E-state index in [9.17, 15) is 9.59 Å². The fourth-order valence-corrected chi connectivity index (χ4v) is 4.34. The highest BCUT2D eigenvalue weighted by atomic mass is 16.2. The summed E-state index contributed by atoms with van der Waals surface area (Å²) in [5, 5.41) is 2.78. The molecule has 3 aromatic carbocycles. The first-order chi connectivity index (χ1) is 15.5. The molecule has 5 nitrogen and oxygen atoms in total. The van der Waals surface area contributed by atoms with Crippen LogP contribution in [0, 0.1) is 13.8 Å². The molecule has 0 unspecified atom stereocenters. The van der Waals surface area contributed by atoms with Crippen LogP contribution in [-0.4, -0.2) is 47.8 Å². The van der Waals surface area contributed by atoms with Gasteiger partial charge in [-0.3, -0.25) is 14.5 Å². The zero-order valence-corrected chi connectivity index (χ0v) is 18.6. The van der Waals surface area contributed by atoms with Gasteiger partial charge in [0.05, 0.1) is 6.04 Å². The maximum Gasteiger partial charge on any atom is 0.313 e. The molecule has 164 valence electrons. The van der Waals surface area contributed by atoms with E-state index in [-0.39, 0.29) is 6.04 Å². The summed E-state index contributed by atoms with van der Waals surface area (Å²) in [6.07, 6.45) is 0. The second kappa shape index (κ2) is 9.79. The third-order valence-corrected chi connectivity index (χ3v) is 6.02. The molecule has 1 saturated heterocycles. The number of nitrogens with one attached hydrogen (secondary N) is 1. The molecule has 5 heteroatoms. The Hall–Kier alpha value is -3.44. The van der Waals surface area contributed by atoms with Gasteiger partial charge in [-0.15, -0.1) is 0 Å². The molecule has 0 aliphatic carbocycles. The summed E-state index contributed by atoms with van der Waals surface area (Å²) in [7, 11) is 0. The summed E-state index contributed by atoms with van der Waals surface area (Å²) in [6, 6.07) is 26.8. The van der Waals surface area contributed by atoms with Crippen LogP contribution in [0.2, 0.25) is 0 Å². The van der Waals surface area contributed by atoms with E-state index in [1.807, 2.05) is 44.2 Å². The van der Waals surface area contributed by atoms with Crippen LogP contribution in [0.4, 0.5) is 5.69 Å². The first-order valence-corrected chi connectivity index (χ1v) is 11.0. The number of hydrogen-bond donors (Lipinski definition) is 1. The Labute approximate surface area is 189 Å². The highest BCUT2D eigenvalue weighted by Gasteiger charge is 2.30. The molecule has 0 atom stereocenters. The SMILES string of the molecule is Cc1ccc(NC(=O)C(=O)N2CCN(C(c3ccccc3)c3ccccc3)CC2)c(C)c1. The van der Waals surface area contributed by atoms with Crippen molar-refractivity contribution in [2.45, 2.75) is 19.9 Å². The van der Waals surface area contributed by atoms with Crippen molar-refractivity contribution in [2.75, 3.05) is 31.5 Å². The fraction of sp³-hybridized carbons (Fsp3) is 0.259. The molecule has 1 aliphatic rings. The van der Waals surface area contributed by atoms with Crippen molar-refractivity contribution in [2.24, 2.45) is 0 Å². The van der Waals surface area contributed by atoms with Gasteiger partial charge >= 0.3 is 11.8 Å². The molecule has 4 rings (SSSR count). The third kappa shape index (κ3) is 4.89. The Bertz CT molecular complexity index is 1040. The van der Waals surface area contributed by atoms with Gasteiger partial charge in [-0.1, -0.05) is 78.4 Å². The quantitative estimate of drug-likeness (QED) is 0.636. The van der Waals surface area contributed by atoms with Crippen LogP contribution in [-0.2, 0) is 9.59 Å². The smallest absolute Gasteiger partial charge is 0.313 e. The fourth-order valence-electron chi connectivity index (χ4n) is 4.34. The molecule has 1 aliphatic heterocycles. The van der Waals surface area contributed by atoms with E-state index in [0.717, 1.165) is 11.1 Å². The molecule has 3 aromatic rings. The van der Waals surface area contributed by atoms with E-state index in [1.54, 1.807) is 4.90 Å². The normalized spacial score (nSPS) is 14.4. The molecule has 2 amide bonds. The van der Waals surface area contributed by atoms with Gasteiger partial charge in [-0.2, -0.15) is 0 Å². The average molecular weight is 428 g/mol. The Kier molecular flexibility index (Phi) is 6.66. The summed E-state index contributed by atoms with van der Waals surface area (Å²) >= 11 is 0. The summed E-state index contributed by atoms with van der Waals surface area (Å²) < 4.78 is 0. The van der Waals surface area contributed by atoms with Crippen LogP contribution in [0.5, 0.6) is 0 Å². The molecule has 0 bridgehead atoms.